The molecule has 2 aliphatic rings. The van der Waals surface area contributed by atoms with Crippen molar-refractivity contribution in [3.05, 3.63) is 47.2 Å². The number of rotatable bonds is 1. The number of aromatic amines is 1. The molecule has 3 unspecified atom stereocenters. The minimum absolute atomic E-state index is 0.00420. The largest absolute Gasteiger partial charge is 0.468 e. The van der Waals surface area contributed by atoms with Gasteiger partial charge in [-0.1, -0.05) is 36.8 Å². The van der Waals surface area contributed by atoms with Gasteiger partial charge in [0.15, 0.2) is 0 Å². The van der Waals surface area contributed by atoms with Crippen LogP contribution < -0.4 is 5.32 Å². The number of fused-ring (bicyclic) bond motifs is 5. The Labute approximate surface area is 148 Å². The molecule has 4 rings (SSSR count). The average Bonchev–Trinajstić information content (AvgIpc) is 2.92. The lowest BCUT2D eigenvalue weighted by Crippen LogP contribution is -2.57. The molecule has 132 valence electrons. The number of allylic oxidation sites excluding steroid dienone is 1. The SMILES string of the molecule is C/C=C1\CC(C)CC2(C(=O)OC)c3[nH]c4ccccc4c3CCNC12. The number of H-pyrrole nitrogens is 1. The fourth-order valence-corrected chi connectivity index (χ4v) is 5.08. The van der Waals surface area contributed by atoms with Crippen molar-refractivity contribution in [2.75, 3.05) is 13.7 Å². The topological polar surface area (TPSA) is 54.1 Å². The predicted octanol–water partition coefficient (Wildman–Crippen LogP) is 3.47. The Hall–Kier alpha value is -2.07. The molecular weight excluding hydrogens is 312 g/mol. The fraction of sp³-hybridized carbons (Fsp3) is 0.476. The average molecular weight is 338 g/mol. The number of hydrogen-bond acceptors (Lipinski definition) is 3. The molecule has 4 heteroatoms. The molecule has 1 aromatic carbocycles. The van der Waals surface area contributed by atoms with E-state index in [-0.39, 0.29) is 12.0 Å². The summed E-state index contributed by atoms with van der Waals surface area (Å²) in [4.78, 5) is 16.8. The third kappa shape index (κ3) is 2.27. The van der Waals surface area contributed by atoms with Crippen LogP contribution in [0.5, 0.6) is 0 Å². The van der Waals surface area contributed by atoms with Gasteiger partial charge in [0.05, 0.1) is 7.11 Å². The molecule has 25 heavy (non-hydrogen) atoms. The highest BCUT2D eigenvalue weighted by Gasteiger charge is 2.55. The third-order valence-corrected chi connectivity index (χ3v) is 6.02. The standard InChI is InChI=1S/C21H26N2O2/c1-4-14-11-13(2)12-21(20(24)25-3)18(14)22-10-9-16-15-7-5-6-8-17(15)23-19(16)21/h4-8,13,18,22-23H,9-12H2,1-3H3/b14-4+. The number of esters is 1. The van der Waals surface area contributed by atoms with Crippen molar-refractivity contribution in [2.24, 2.45) is 5.92 Å². The van der Waals surface area contributed by atoms with E-state index in [1.807, 2.05) is 6.07 Å². The lowest BCUT2D eigenvalue weighted by molar-refractivity contribution is -0.150. The number of para-hydroxylation sites is 1. The second kappa shape index (κ2) is 6.03. The van der Waals surface area contributed by atoms with Crippen molar-refractivity contribution in [1.29, 1.82) is 0 Å². The first-order valence-corrected chi connectivity index (χ1v) is 9.18. The van der Waals surface area contributed by atoms with Crippen LogP contribution in [0, 0.1) is 5.92 Å². The van der Waals surface area contributed by atoms with E-state index in [2.05, 4.69) is 48.4 Å². The molecule has 0 amide bonds. The molecule has 3 atom stereocenters. The molecule has 1 saturated carbocycles. The van der Waals surface area contributed by atoms with Crippen molar-refractivity contribution in [1.82, 2.24) is 10.3 Å². The molecular formula is C21H26N2O2. The summed E-state index contributed by atoms with van der Waals surface area (Å²) in [7, 11) is 1.51. The first-order chi connectivity index (χ1) is 12.1. The molecule has 2 heterocycles. The highest BCUT2D eigenvalue weighted by molar-refractivity contribution is 5.92. The summed E-state index contributed by atoms with van der Waals surface area (Å²) in [6.45, 7) is 5.18. The summed E-state index contributed by atoms with van der Waals surface area (Å²) in [5.41, 5.74) is 4.06. The number of carbonyl (C=O) groups excluding carboxylic acids is 1. The van der Waals surface area contributed by atoms with Gasteiger partial charge >= 0.3 is 5.97 Å². The van der Waals surface area contributed by atoms with Crippen molar-refractivity contribution >= 4 is 16.9 Å². The van der Waals surface area contributed by atoms with Crippen LogP contribution in [0.25, 0.3) is 10.9 Å². The monoisotopic (exact) mass is 338 g/mol. The molecule has 0 radical (unpaired) electrons. The Morgan fingerprint density at radius 2 is 2.16 bits per heavy atom. The van der Waals surface area contributed by atoms with Gasteiger partial charge in [0, 0.05) is 22.6 Å². The molecule has 4 nitrogen and oxygen atoms in total. The third-order valence-electron chi connectivity index (χ3n) is 6.02. The van der Waals surface area contributed by atoms with E-state index in [1.165, 1.54) is 23.6 Å². The summed E-state index contributed by atoms with van der Waals surface area (Å²) in [5.74, 6) is 0.298. The van der Waals surface area contributed by atoms with Crippen LogP contribution in [0.2, 0.25) is 0 Å². The Kier molecular flexibility index (Phi) is 3.95. The summed E-state index contributed by atoms with van der Waals surface area (Å²) in [6, 6.07) is 8.35. The normalized spacial score (nSPS) is 30.6. The molecule has 1 aliphatic carbocycles. The van der Waals surface area contributed by atoms with Crippen LogP contribution in [-0.2, 0) is 21.4 Å². The zero-order chi connectivity index (χ0) is 17.6. The van der Waals surface area contributed by atoms with Gasteiger partial charge in [0.25, 0.3) is 0 Å². The number of carbonyl (C=O) groups is 1. The van der Waals surface area contributed by atoms with Gasteiger partial charge in [-0.2, -0.15) is 0 Å². The van der Waals surface area contributed by atoms with Crippen molar-refractivity contribution in [3.63, 3.8) is 0 Å². The van der Waals surface area contributed by atoms with Gasteiger partial charge in [-0.25, -0.2) is 0 Å². The smallest absolute Gasteiger partial charge is 0.319 e. The number of methoxy groups -OCH3 is 1. The van der Waals surface area contributed by atoms with Gasteiger partial charge in [-0.15, -0.1) is 0 Å². The molecule has 2 N–H and O–H groups in total. The van der Waals surface area contributed by atoms with E-state index < -0.39 is 5.41 Å². The molecule has 1 aliphatic heterocycles. The van der Waals surface area contributed by atoms with Gasteiger partial charge in [0.2, 0.25) is 0 Å². The summed E-state index contributed by atoms with van der Waals surface area (Å²) in [6.07, 6.45) is 4.93. The van der Waals surface area contributed by atoms with Crippen LogP contribution in [0.3, 0.4) is 0 Å². The summed E-state index contributed by atoms with van der Waals surface area (Å²) >= 11 is 0. The quantitative estimate of drug-likeness (QED) is 0.618. The second-order valence-electron chi connectivity index (χ2n) is 7.50. The maximum absolute atomic E-state index is 13.2. The maximum Gasteiger partial charge on any atom is 0.319 e. The first kappa shape index (κ1) is 16.4. The predicted molar refractivity (Wildman–Crippen MR) is 99.6 cm³/mol. The van der Waals surface area contributed by atoms with Gasteiger partial charge in [0.1, 0.15) is 5.41 Å². The van der Waals surface area contributed by atoms with E-state index in [1.54, 1.807) is 0 Å². The summed E-state index contributed by atoms with van der Waals surface area (Å²) < 4.78 is 5.37. The van der Waals surface area contributed by atoms with E-state index in [9.17, 15) is 4.79 Å². The maximum atomic E-state index is 13.2. The number of benzene rings is 1. The number of hydrogen-bond donors (Lipinski definition) is 2. The molecule has 0 spiro atoms. The van der Waals surface area contributed by atoms with Crippen molar-refractivity contribution in [3.8, 4) is 0 Å². The van der Waals surface area contributed by atoms with Gasteiger partial charge < -0.3 is 15.0 Å². The Morgan fingerprint density at radius 1 is 1.36 bits per heavy atom. The Morgan fingerprint density at radius 3 is 2.92 bits per heavy atom. The van der Waals surface area contributed by atoms with E-state index in [0.717, 1.165) is 37.0 Å². The molecule has 2 aromatic rings. The molecule has 1 fully saturated rings. The molecule has 1 aromatic heterocycles. The Bertz CT molecular complexity index is 851. The van der Waals surface area contributed by atoms with Crippen LogP contribution >= 0.6 is 0 Å². The minimum atomic E-state index is -0.681. The zero-order valence-electron chi connectivity index (χ0n) is 15.2. The molecule has 0 bridgehead atoms. The van der Waals surface area contributed by atoms with E-state index >= 15 is 0 Å². The van der Waals surface area contributed by atoms with Crippen LogP contribution in [-0.4, -0.2) is 30.6 Å². The van der Waals surface area contributed by atoms with Crippen molar-refractivity contribution in [2.45, 2.75) is 44.6 Å². The lowest BCUT2D eigenvalue weighted by Gasteiger charge is -2.45. The van der Waals surface area contributed by atoms with Crippen LogP contribution in [0.1, 0.15) is 37.9 Å². The van der Waals surface area contributed by atoms with Crippen molar-refractivity contribution < 1.29 is 9.53 Å². The first-order valence-electron chi connectivity index (χ1n) is 9.18. The lowest BCUT2D eigenvalue weighted by atomic mass is 9.62. The van der Waals surface area contributed by atoms with Crippen LogP contribution in [0.15, 0.2) is 35.9 Å². The van der Waals surface area contributed by atoms with Gasteiger partial charge in [-0.05, 0) is 50.3 Å². The number of ether oxygens (including phenoxy) is 1. The highest BCUT2D eigenvalue weighted by atomic mass is 16.5. The highest BCUT2D eigenvalue weighted by Crippen LogP contribution is 2.48. The van der Waals surface area contributed by atoms with Gasteiger partial charge in [-0.3, -0.25) is 4.79 Å². The zero-order valence-corrected chi connectivity index (χ0v) is 15.2. The fourth-order valence-electron chi connectivity index (χ4n) is 5.08. The second-order valence-corrected chi connectivity index (χ2v) is 7.50. The summed E-state index contributed by atoms with van der Waals surface area (Å²) in [5, 5.41) is 4.90. The number of aromatic nitrogens is 1. The van der Waals surface area contributed by atoms with Crippen LogP contribution in [0.4, 0.5) is 0 Å². The van der Waals surface area contributed by atoms with E-state index in [4.69, 9.17) is 4.74 Å². The van der Waals surface area contributed by atoms with E-state index in [0.29, 0.717) is 5.92 Å². The minimum Gasteiger partial charge on any atom is -0.468 e. The Balaban J connectivity index is 2.03. The number of nitrogens with one attached hydrogen (secondary N) is 2. The molecule has 0 saturated heterocycles.